The van der Waals surface area contributed by atoms with Crippen molar-refractivity contribution < 1.29 is 4.79 Å². The first-order valence-corrected chi connectivity index (χ1v) is 6.49. The minimum Gasteiger partial charge on any atom is -0.348 e. The third kappa shape index (κ3) is 3.15. The third-order valence-electron chi connectivity index (χ3n) is 3.08. The van der Waals surface area contributed by atoms with Crippen LogP contribution in [0.15, 0.2) is 43.0 Å². The molecule has 2 aromatic rings. The minimum absolute atomic E-state index is 0.0644. The normalized spacial score (nSPS) is 13.8. The molecule has 0 aliphatic carbocycles. The third-order valence-corrected chi connectivity index (χ3v) is 3.43. The van der Waals surface area contributed by atoms with Gasteiger partial charge in [0.05, 0.1) is 12.4 Å². The lowest BCUT2D eigenvalue weighted by Gasteiger charge is -2.19. The van der Waals surface area contributed by atoms with E-state index in [0.29, 0.717) is 5.02 Å². The first-order valence-electron chi connectivity index (χ1n) is 6.12. The molecule has 0 aliphatic heterocycles. The summed E-state index contributed by atoms with van der Waals surface area (Å²) in [6.45, 7) is 3.75. The summed E-state index contributed by atoms with van der Waals surface area (Å²) in [5, 5.41) is 3.61. The highest BCUT2D eigenvalue weighted by atomic mass is 35.5. The molecule has 0 saturated carbocycles. The lowest BCUT2D eigenvalue weighted by Crippen LogP contribution is -2.32. The summed E-state index contributed by atoms with van der Waals surface area (Å²) in [6.07, 6.45) is 5.05. The summed E-state index contributed by atoms with van der Waals surface area (Å²) in [7, 11) is 0. The fourth-order valence-electron chi connectivity index (χ4n) is 1.87. The van der Waals surface area contributed by atoms with Crippen molar-refractivity contribution in [3.8, 4) is 0 Å². The van der Waals surface area contributed by atoms with Crippen molar-refractivity contribution in [2.24, 2.45) is 0 Å². The van der Waals surface area contributed by atoms with Crippen LogP contribution in [0.2, 0.25) is 5.02 Å². The van der Waals surface area contributed by atoms with Crippen LogP contribution >= 0.6 is 11.6 Å². The molecule has 2 rings (SSSR count). The number of benzene rings is 1. The van der Waals surface area contributed by atoms with Crippen LogP contribution in [0.3, 0.4) is 0 Å². The Balaban J connectivity index is 2.05. The van der Waals surface area contributed by atoms with Gasteiger partial charge in [-0.15, -0.1) is 0 Å². The SMILES string of the molecule is C[C@@H](NC(=O)[C@H](C)n1ccnc1)c1ccccc1Cl. The van der Waals surface area contributed by atoms with E-state index in [1.54, 1.807) is 23.3 Å². The van der Waals surface area contributed by atoms with E-state index in [9.17, 15) is 4.79 Å². The number of amides is 1. The lowest BCUT2D eigenvalue weighted by atomic mass is 10.1. The first kappa shape index (κ1) is 13.6. The smallest absolute Gasteiger partial charge is 0.243 e. The summed E-state index contributed by atoms with van der Waals surface area (Å²) in [5.74, 6) is -0.0644. The maximum Gasteiger partial charge on any atom is 0.243 e. The van der Waals surface area contributed by atoms with Crippen LogP contribution in [0.4, 0.5) is 0 Å². The highest BCUT2D eigenvalue weighted by molar-refractivity contribution is 6.31. The molecule has 1 aromatic carbocycles. The highest BCUT2D eigenvalue weighted by Gasteiger charge is 2.18. The quantitative estimate of drug-likeness (QED) is 0.934. The van der Waals surface area contributed by atoms with Gasteiger partial charge in [0.1, 0.15) is 6.04 Å². The van der Waals surface area contributed by atoms with Crippen LogP contribution in [0.1, 0.15) is 31.5 Å². The van der Waals surface area contributed by atoms with E-state index < -0.39 is 0 Å². The van der Waals surface area contributed by atoms with Crippen LogP contribution in [0.5, 0.6) is 0 Å². The molecular weight excluding hydrogens is 262 g/mol. The van der Waals surface area contributed by atoms with Gasteiger partial charge < -0.3 is 9.88 Å². The molecule has 5 heteroatoms. The van der Waals surface area contributed by atoms with E-state index in [-0.39, 0.29) is 18.0 Å². The molecule has 100 valence electrons. The van der Waals surface area contributed by atoms with Crippen molar-refractivity contribution in [2.45, 2.75) is 25.9 Å². The summed E-state index contributed by atoms with van der Waals surface area (Å²) >= 11 is 6.12. The van der Waals surface area contributed by atoms with Gasteiger partial charge in [0.2, 0.25) is 5.91 Å². The van der Waals surface area contributed by atoms with Crippen LogP contribution in [0, 0.1) is 0 Å². The number of carbonyl (C=O) groups is 1. The molecule has 1 aromatic heterocycles. The van der Waals surface area contributed by atoms with Crippen molar-refractivity contribution in [2.75, 3.05) is 0 Å². The molecule has 1 amide bonds. The zero-order valence-corrected chi connectivity index (χ0v) is 11.6. The van der Waals surface area contributed by atoms with Crippen LogP contribution in [-0.2, 0) is 4.79 Å². The number of nitrogens with one attached hydrogen (secondary N) is 1. The highest BCUT2D eigenvalue weighted by Crippen LogP contribution is 2.22. The Morgan fingerprint density at radius 3 is 2.74 bits per heavy atom. The molecule has 2 atom stereocenters. The number of rotatable bonds is 4. The molecule has 0 saturated heterocycles. The lowest BCUT2D eigenvalue weighted by molar-refractivity contribution is -0.124. The van der Waals surface area contributed by atoms with Gasteiger partial charge in [-0.1, -0.05) is 29.8 Å². The monoisotopic (exact) mass is 277 g/mol. The van der Waals surface area contributed by atoms with Gasteiger partial charge in [0, 0.05) is 17.4 Å². The maximum absolute atomic E-state index is 12.1. The van der Waals surface area contributed by atoms with Crippen LogP contribution < -0.4 is 5.32 Å². The number of carbonyl (C=O) groups excluding carboxylic acids is 1. The average molecular weight is 278 g/mol. The van der Waals surface area contributed by atoms with E-state index >= 15 is 0 Å². The Morgan fingerprint density at radius 1 is 1.37 bits per heavy atom. The molecule has 4 nitrogen and oxygen atoms in total. The number of halogens is 1. The van der Waals surface area contributed by atoms with Gasteiger partial charge in [-0.25, -0.2) is 4.98 Å². The van der Waals surface area contributed by atoms with Crippen molar-refractivity contribution in [3.63, 3.8) is 0 Å². The zero-order chi connectivity index (χ0) is 13.8. The summed E-state index contributed by atoms with van der Waals surface area (Å²) in [6, 6.07) is 7.07. The molecule has 1 N–H and O–H groups in total. The predicted octanol–water partition coefficient (Wildman–Crippen LogP) is 2.97. The summed E-state index contributed by atoms with van der Waals surface area (Å²) in [4.78, 5) is 16.1. The van der Waals surface area contributed by atoms with Gasteiger partial charge in [-0.2, -0.15) is 0 Å². The Morgan fingerprint density at radius 2 is 2.11 bits per heavy atom. The Labute approximate surface area is 117 Å². The van der Waals surface area contributed by atoms with Crippen LogP contribution in [0.25, 0.3) is 0 Å². The van der Waals surface area contributed by atoms with E-state index in [1.165, 1.54) is 0 Å². The molecule has 0 fully saturated rings. The topological polar surface area (TPSA) is 46.9 Å². The minimum atomic E-state index is -0.299. The van der Waals surface area contributed by atoms with Crippen molar-refractivity contribution in [1.82, 2.24) is 14.9 Å². The molecule has 0 spiro atoms. The largest absolute Gasteiger partial charge is 0.348 e. The van der Waals surface area contributed by atoms with E-state index in [0.717, 1.165) is 5.56 Å². The molecule has 0 radical (unpaired) electrons. The number of nitrogens with zero attached hydrogens (tertiary/aromatic N) is 2. The van der Waals surface area contributed by atoms with Crippen LogP contribution in [-0.4, -0.2) is 15.5 Å². The average Bonchev–Trinajstić information content (AvgIpc) is 2.92. The molecule has 1 heterocycles. The van der Waals surface area contributed by atoms with Crippen molar-refractivity contribution in [3.05, 3.63) is 53.6 Å². The molecule has 0 unspecified atom stereocenters. The Bertz CT molecular complexity index is 554. The Kier molecular flexibility index (Phi) is 4.22. The zero-order valence-electron chi connectivity index (χ0n) is 10.9. The molecular formula is C14H16ClN3O. The fraction of sp³-hybridized carbons (Fsp3) is 0.286. The van der Waals surface area contributed by atoms with Gasteiger partial charge in [-0.3, -0.25) is 4.79 Å². The second-order valence-electron chi connectivity index (χ2n) is 4.44. The number of imidazole rings is 1. The second-order valence-corrected chi connectivity index (χ2v) is 4.84. The van der Waals surface area contributed by atoms with Gasteiger partial charge >= 0.3 is 0 Å². The fourth-order valence-corrected chi connectivity index (χ4v) is 2.17. The number of hydrogen-bond donors (Lipinski definition) is 1. The van der Waals surface area contributed by atoms with Crippen molar-refractivity contribution >= 4 is 17.5 Å². The van der Waals surface area contributed by atoms with E-state index in [2.05, 4.69) is 10.3 Å². The first-order chi connectivity index (χ1) is 9.09. The standard InChI is InChI=1S/C14H16ClN3O/c1-10(12-5-3-4-6-13(12)15)17-14(19)11(2)18-8-7-16-9-18/h3-11H,1-2H3,(H,17,19)/t10-,11+/m1/s1. The molecule has 0 aliphatic rings. The van der Waals surface area contributed by atoms with Gasteiger partial charge in [-0.05, 0) is 25.5 Å². The number of hydrogen-bond acceptors (Lipinski definition) is 2. The number of aromatic nitrogens is 2. The van der Waals surface area contributed by atoms with Gasteiger partial charge in [0.25, 0.3) is 0 Å². The van der Waals surface area contributed by atoms with Gasteiger partial charge in [0.15, 0.2) is 0 Å². The Hall–Kier alpha value is -1.81. The summed E-state index contributed by atoms with van der Waals surface area (Å²) in [5.41, 5.74) is 0.912. The molecule has 19 heavy (non-hydrogen) atoms. The summed E-state index contributed by atoms with van der Waals surface area (Å²) < 4.78 is 1.76. The maximum atomic E-state index is 12.1. The molecule has 0 bridgehead atoms. The van der Waals surface area contributed by atoms with E-state index in [1.807, 2.05) is 38.1 Å². The second kappa shape index (κ2) is 5.89. The van der Waals surface area contributed by atoms with E-state index in [4.69, 9.17) is 11.6 Å². The van der Waals surface area contributed by atoms with Crippen molar-refractivity contribution in [1.29, 1.82) is 0 Å². The predicted molar refractivity (Wildman–Crippen MR) is 74.9 cm³/mol.